The van der Waals surface area contributed by atoms with Gasteiger partial charge in [0.05, 0.1) is 10.5 Å². The molecule has 0 radical (unpaired) electrons. The number of carboxylic acid groups (broad SMARTS) is 1. The van der Waals surface area contributed by atoms with Crippen LogP contribution in [0.25, 0.3) is 0 Å². The van der Waals surface area contributed by atoms with Gasteiger partial charge in [0.15, 0.2) is 9.84 Å². The zero-order valence-electron chi connectivity index (χ0n) is 10.6. The summed E-state index contributed by atoms with van der Waals surface area (Å²) in [7, 11) is -3.68. The van der Waals surface area contributed by atoms with E-state index in [0.29, 0.717) is 0 Å². The van der Waals surface area contributed by atoms with Crippen LogP contribution in [0, 0.1) is 0 Å². The molecule has 0 heterocycles. The van der Waals surface area contributed by atoms with Gasteiger partial charge >= 0.3 is 12.1 Å². The lowest BCUT2D eigenvalue weighted by atomic mass is 10.2. The number of ether oxygens (including phenoxy) is 1. The average Bonchev–Trinajstić information content (AvgIpc) is 2.34. The first kappa shape index (κ1) is 15.7. The largest absolute Gasteiger partial charge is 0.478 e. The van der Waals surface area contributed by atoms with E-state index in [-0.39, 0.29) is 17.2 Å². The number of sulfone groups is 1. The van der Waals surface area contributed by atoms with E-state index in [0.717, 1.165) is 18.4 Å². The number of aromatic carboxylic acids is 1. The van der Waals surface area contributed by atoms with Crippen LogP contribution in [0.1, 0.15) is 10.4 Å². The van der Waals surface area contributed by atoms with Crippen molar-refractivity contribution in [3.63, 3.8) is 0 Å². The summed E-state index contributed by atoms with van der Waals surface area (Å²) < 4.78 is 27.6. The molecule has 0 spiro atoms. The van der Waals surface area contributed by atoms with E-state index in [9.17, 15) is 18.0 Å². The van der Waals surface area contributed by atoms with Crippen molar-refractivity contribution in [2.45, 2.75) is 4.90 Å². The molecule has 0 saturated heterocycles. The van der Waals surface area contributed by atoms with E-state index in [1.165, 1.54) is 12.1 Å². The predicted octanol–water partition coefficient (Wildman–Crippen LogP) is 1.52. The topological polar surface area (TPSA) is 110 Å². The second-order valence-electron chi connectivity index (χ2n) is 3.80. The summed E-state index contributed by atoms with van der Waals surface area (Å²) in [6.07, 6.45) is 1.48. The monoisotopic (exact) mass is 299 g/mol. The van der Waals surface area contributed by atoms with Gasteiger partial charge in [0, 0.05) is 11.9 Å². The molecular weight excluding hydrogens is 286 g/mol. The molecule has 108 valence electrons. The number of nitrogens with one attached hydrogen (secondary N) is 1. The number of hydrogen-bond donors (Lipinski definition) is 2. The van der Waals surface area contributed by atoms with Crippen LogP contribution in [-0.2, 0) is 14.6 Å². The summed E-state index contributed by atoms with van der Waals surface area (Å²) in [6.45, 7) is 3.37. The molecule has 0 aliphatic rings. The number of carbonyl (C=O) groups excluding carboxylic acids is 1. The number of rotatable bonds is 5. The Morgan fingerprint density at radius 3 is 2.60 bits per heavy atom. The standard InChI is InChI=1S/C12H13NO6S/c1-3-6-19-12(16)13-8-4-5-10(20(2,17)18)9(7-8)11(14)15/h3-5,7H,1,6H2,2H3,(H,13,16)(H,14,15). The molecule has 8 heteroatoms. The summed E-state index contributed by atoms with van der Waals surface area (Å²) in [5.74, 6) is -1.41. The van der Waals surface area contributed by atoms with E-state index in [1.54, 1.807) is 0 Å². The fourth-order valence-electron chi connectivity index (χ4n) is 1.39. The summed E-state index contributed by atoms with van der Waals surface area (Å²) in [4.78, 5) is 22.0. The van der Waals surface area contributed by atoms with Gasteiger partial charge in [0.25, 0.3) is 0 Å². The number of carbonyl (C=O) groups is 2. The van der Waals surface area contributed by atoms with Gasteiger partial charge < -0.3 is 9.84 Å². The number of hydrogen-bond acceptors (Lipinski definition) is 5. The molecule has 0 unspecified atom stereocenters. The number of amides is 1. The van der Waals surface area contributed by atoms with Gasteiger partial charge in [-0.25, -0.2) is 18.0 Å². The van der Waals surface area contributed by atoms with Crippen LogP contribution in [0.4, 0.5) is 10.5 Å². The quantitative estimate of drug-likeness (QED) is 0.798. The predicted molar refractivity (Wildman–Crippen MR) is 71.7 cm³/mol. The molecule has 0 atom stereocenters. The van der Waals surface area contributed by atoms with Crippen LogP contribution < -0.4 is 5.32 Å². The molecule has 0 aliphatic heterocycles. The molecule has 20 heavy (non-hydrogen) atoms. The Labute approximate surface area is 115 Å². The van der Waals surface area contributed by atoms with Gasteiger partial charge in [-0.1, -0.05) is 12.7 Å². The van der Waals surface area contributed by atoms with Crippen LogP contribution in [0.15, 0.2) is 35.7 Å². The minimum atomic E-state index is -3.68. The molecule has 0 aliphatic carbocycles. The smallest absolute Gasteiger partial charge is 0.411 e. The van der Waals surface area contributed by atoms with Crippen molar-refractivity contribution in [3.05, 3.63) is 36.4 Å². The summed E-state index contributed by atoms with van der Waals surface area (Å²) in [5, 5.41) is 11.3. The lowest BCUT2D eigenvalue weighted by molar-refractivity contribution is 0.0692. The Kier molecular flexibility index (Phi) is 4.87. The number of anilines is 1. The van der Waals surface area contributed by atoms with E-state index in [2.05, 4.69) is 16.6 Å². The van der Waals surface area contributed by atoms with Gasteiger partial charge in [-0.05, 0) is 18.2 Å². The molecular formula is C12H13NO6S. The minimum absolute atomic E-state index is 0.000949. The molecule has 0 fully saturated rings. The van der Waals surface area contributed by atoms with Crippen molar-refractivity contribution < 1.29 is 27.9 Å². The third-order valence-electron chi connectivity index (χ3n) is 2.19. The first-order valence-electron chi connectivity index (χ1n) is 5.37. The van der Waals surface area contributed by atoms with Crippen LogP contribution in [0.3, 0.4) is 0 Å². The summed E-state index contributed by atoms with van der Waals surface area (Å²) in [6, 6.07) is 3.44. The maximum Gasteiger partial charge on any atom is 0.411 e. The molecule has 1 amide bonds. The van der Waals surface area contributed by atoms with Gasteiger partial charge in [-0.3, -0.25) is 5.32 Å². The molecule has 1 aromatic carbocycles. The SMILES string of the molecule is C=CCOC(=O)Nc1ccc(S(C)(=O)=O)c(C(=O)O)c1. The van der Waals surface area contributed by atoms with Crippen molar-refractivity contribution in [2.24, 2.45) is 0 Å². The highest BCUT2D eigenvalue weighted by atomic mass is 32.2. The van der Waals surface area contributed by atoms with Crippen molar-refractivity contribution in [1.82, 2.24) is 0 Å². The lowest BCUT2D eigenvalue weighted by Gasteiger charge is -2.08. The van der Waals surface area contributed by atoms with Crippen molar-refractivity contribution >= 4 is 27.6 Å². The van der Waals surface area contributed by atoms with Gasteiger partial charge in [0.2, 0.25) is 0 Å². The third kappa shape index (κ3) is 4.09. The van der Waals surface area contributed by atoms with E-state index < -0.39 is 27.5 Å². The molecule has 2 N–H and O–H groups in total. The first-order chi connectivity index (χ1) is 9.25. The van der Waals surface area contributed by atoms with Gasteiger partial charge in [-0.15, -0.1) is 0 Å². The zero-order valence-corrected chi connectivity index (χ0v) is 11.4. The highest BCUT2D eigenvalue weighted by Crippen LogP contribution is 2.20. The van der Waals surface area contributed by atoms with Gasteiger partial charge in [-0.2, -0.15) is 0 Å². The van der Waals surface area contributed by atoms with Crippen LogP contribution in [-0.4, -0.2) is 38.4 Å². The highest BCUT2D eigenvalue weighted by molar-refractivity contribution is 7.90. The number of carboxylic acids is 1. The summed E-state index contributed by atoms with van der Waals surface area (Å²) in [5.41, 5.74) is -0.308. The Balaban J connectivity index is 3.09. The maximum atomic E-state index is 11.4. The normalized spacial score (nSPS) is 10.7. The molecule has 7 nitrogen and oxygen atoms in total. The second-order valence-corrected chi connectivity index (χ2v) is 5.78. The second kappa shape index (κ2) is 6.20. The number of benzene rings is 1. The summed E-state index contributed by atoms with van der Waals surface area (Å²) >= 11 is 0. The van der Waals surface area contributed by atoms with Gasteiger partial charge in [0.1, 0.15) is 6.61 Å². The maximum absolute atomic E-state index is 11.4. The van der Waals surface area contributed by atoms with Crippen LogP contribution in [0.2, 0.25) is 0 Å². The highest BCUT2D eigenvalue weighted by Gasteiger charge is 2.19. The average molecular weight is 299 g/mol. The Morgan fingerprint density at radius 1 is 1.45 bits per heavy atom. The van der Waals surface area contributed by atoms with E-state index in [1.807, 2.05) is 0 Å². The molecule has 0 saturated carbocycles. The fraction of sp³-hybridized carbons (Fsp3) is 0.167. The Hall–Kier alpha value is -2.35. The van der Waals surface area contributed by atoms with Crippen molar-refractivity contribution in [1.29, 1.82) is 0 Å². The van der Waals surface area contributed by atoms with E-state index >= 15 is 0 Å². The zero-order chi connectivity index (χ0) is 15.3. The Bertz CT molecular complexity index is 650. The molecule has 0 aromatic heterocycles. The molecule has 1 rings (SSSR count). The fourth-order valence-corrected chi connectivity index (χ4v) is 2.25. The minimum Gasteiger partial charge on any atom is -0.478 e. The lowest BCUT2D eigenvalue weighted by Crippen LogP contribution is -2.15. The van der Waals surface area contributed by atoms with Crippen LogP contribution in [0.5, 0.6) is 0 Å². The van der Waals surface area contributed by atoms with Crippen molar-refractivity contribution in [2.75, 3.05) is 18.2 Å². The first-order valence-corrected chi connectivity index (χ1v) is 7.27. The molecule has 1 aromatic rings. The Morgan fingerprint density at radius 2 is 2.10 bits per heavy atom. The van der Waals surface area contributed by atoms with Crippen molar-refractivity contribution in [3.8, 4) is 0 Å². The van der Waals surface area contributed by atoms with Crippen LogP contribution >= 0.6 is 0 Å². The third-order valence-corrected chi connectivity index (χ3v) is 3.34. The molecule has 0 bridgehead atoms. The van der Waals surface area contributed by atoms with E-state index in [4.69, 9.17) is 5.11 Å².